The number of hydrogen-bond donors (Lipinski definition) is 3. The van der Waals surface area contributed by atoms with Gasteiger partial charge in [0.05, 0.1) is 28.3 Å². The Bertz CT molecular complexity index is 1560. The van der Waals surface area contributed by atoms with Crippen molar-refractivity contribution in [3.63, 3.8) is 0 Å². The van der Waals surface area contributed by atoms with E-state index in [9.17, 15) is 22.4 Å². The van der Waals surface area contributed by atoms with E-state index in [0.717, 1.165) is 4.57 Å². The van der Waals surface area contributed by atoms with E-state index in [-0.39, 0.29) is 46.1 Å². The van der Waals surface area contributed by atoms with Crippen LogP contribution in [0.25, 0.3) is 0 Å². The third-order valence-electron chi connectivity index (χ3n) is 5.67. The van der Waals surface area contributed by atoms with E-state index in [0.29, 0.717) is 5.56 Å². The smallest absolute Gasteiger partial charge is 0.278 e. The van der Waals surface area contributed by atoms with Gasteiger partial charge in [0, 0.05) is 19.0 Å². The molecule has 1 amide bonds. The van der Waals surface area contributed by atoms with Gasteiger partial charge in [-0.1, -0.05) is 18.2 Å². The molecule has 0 aliphatic rings. The fraction of sp³-hybridized carbons (Fsp3) is 0.333. The van der Waals surface area contributed by atoms with Crippen LogP contribution in [0.3, 0.4) is 0 Å². The fourth-order valence-electron chi connectivity index (χ4n) is 3.60. The number of nitrogens with one attached hydrogen (secondary N) is 3. The largest absolute Gasteiger partial charge is 0.339 e. The quantitative estimate of drug-likeness (QED) is 0.330. The Morgan fingerprint density at radius 2 is 1.74 bits per heavy atom. The first-order valence-corrected chi connectivity index (χ1v) is 13.8. The SMILES string of the molecule is CCS(=O)(=O)Nc1cccc(Cc2cc(C(=O)NOC(C)(C)C)c(Nc3ccc(C)cc3F)n(C)c2=O)c1F. The number of halogens is 2. The monoisotopic (exact) mass is 562 g/mol. The molecular formula is C27H32F2N4O5S. The number of amides is 1. The van der Waals surface area contributed by atoms with Crippen LogP contribution in [0, 0.1) is 18.6 Å². The summed E-state index contributed by atoms with van der Waals surface area (Å²) >= 11 is 0. The molecule has 0 bridgehead atoms. The number of carbonyl (C=O) groups is 1. The molecule has 0 spiro atoms. The molecule has 1 aromatic heterocycles. The van der Waals surface area contributed by atoms with E-state index in [1.807, 2.05) is 0 Å². The third-order valence-corrected chi connectivity index (χ3v) is 6.96. The van der Waals surface area contributed by atoms with Crippen LogP contribution in [-0.2, 0) is 28.3 Å². The van der Waals surface area contributed by atoms with Crippen molar-refractivity contribution in [2.75, 3.05) is 15.8 Å². The van der Waals surface area contributed by atoms with Crippen molar-refractivity contribution in [1.82, 2.24) is 10.0 Å². The van der Waals surface area contributed by atoms with Crippen molar-refractivity contribution in [3.05, 3.63) is 86.7 Å². The standard InChI is InChI=1S/C27H32F2N4O5S/c1-7-39(36,37)32-22-10-8-9-17(23(22)29)14-18-15-19(25(34)31-38-27(3,4)5)24(33(6)26(18)35)30-21-12-11-16(2)13-20(21)28/h8-13,15,30,32H,7,14H2,1-6H3,(H,31,34). The molecule has 0 atom stereocenters. The van der Waals surface area contributed by atoms with Crippen LogP contribution >= 0.6 is 0 Å². The van der Waals surface area contributed by atoms with Gasteiger partial charge in [0.1, 0.15) is 11.6 Å². The minimum absolute atomic E-state index is 0.00793. The molecule has 0 aliphatic heterocycles. The fourth-order valence-corrected chi connectivity index (χ4v) is 4.23. The van der Waals surface area contributed by atoms with Crippen molar-refractivity contribution in [2.24, 2.45) is 7.05 Å². The van der Waals surface area contributed by atoms with Gasteiger partial charge in [-0.3, -0.25) is 23.7 Å². The number of hydrogen-bond acceptors (Lipinski definition) is 6. The zero-order valence-corrected chi connectivity index (χ0v) is 23.4. The minimum Gasteiger partial charge on any atom is -0.339 e. The lowest BCUT2D eigenvalue weighted by molar-refractivity contribution is -0.0589. The summed E-state index contributed by atoms with van der Waals surface area (Å²) in [6, 6.07) is 9.87. The highest BCUT2D eigenvalue weighted by Crippen LogP contribution is 2.26. The van der Waals surface area contributed by atoms with Gasteiger partial charge in [-0.25, -0.2) is 22.7 Å². The molecule has 0 radical (unpaired) electrons. The van der Waals surface area contributed by atoms with Gasteiger partial charge in [-0.15, -0.1) is 0 Å². The average molecular weight is 563 g/mol. The number of anilines is 3. The minimum atomic E-state index is -3.74. The molecule has 0 fully saturated rings. The Morgan fingerprint density at radius 1 is 1.05 bits per heavy atom. The van der Waals surface area contributed by atoms with Crippen molar-refractivity contribution < 1.29 is 26.8 Å². The Balaban J connectivity index is 2.10. The Kier molecular flexibility index (Phi) is 8.81. The summed E-state index contributed by atoms with van der Waals surface area (Å²) in [6.07, 6.45) is -0.250. The molecule has 3 rings (SSSR count). The summed E-state index contributed by atoms with van der Waals surface area (Å²) in [6.45, 7) is 8.32. The second kappa shape index (κ2) is 11.5. The molecule has 210 valence electrons. The van der Waals surface area contributed by atoms with Crippen molar-refractivity contribution in [2.45, 2.75) is 46.6 Å². The first-order chi connectivity index (χ1) is 18.1. The molecule has 3 aromatic rings. The predicted molar refractivity (Wildman–Crippen MR) is 147 cm³/mol. The maximum absolute atomic E-state index is 15.2. The predicted octanol–water partition coefficient (Wildman–Crippen LogP) is 4.53. The van der Waals surface area contributed by atoms with Crippen LogP contribution in [-0.4, -0.2) is 30.2 Å². The van der Waals surface area contributed by atoms with Gasteiger partial charge in [0.25, 0.3) is 11.5 Å². The molecule has 0 saturated carbocycles. The van der Waals surface area contributed by atoms with Crippen molar-refractivity contribution >= 4 is 33.1 Å². The van der Waals surface area contributed by atoms with Gasteiger partial charge >= 0.3 is 0 Å². The average Bonchev–Trinajstić information content (AvgIpc) is 2.85. The molecule has 0 aliphatic carbocycles. The summed E-state index contributed by atoms with van der Waals surface area (Å²) in [5.74, 6) is -2.41. The van der Waals surface area contributed by atoms with E-state index in [4.69, 9.17) is 4.84 Å². The van der Waals surface area contributed by atoms with E-state index >= 15 is 4.39 Å². The molecule has 2 aromatic carbocycles. The lowest BCUT2D eigenvalue weighted by Gasteiger charge is -2.21. The first kappa shape index (κ1) is 29.8. The number of aromatic nitrogens is 1. The van der Waals surface area contributed by atoms with Crippen LogP contribution in [0.15, 0.2) is 47.3 Å². The van der Waals surface area contributed by atoms with Gasteiger partial charge in [-0.05, 0) is 70.0 Å². The first-order valence-electron chi connectivity index (χ1n) is 12.1. The van der Waals surface area contributed by atoms with E-state index in [1.165, 1.54) is 50.4 Å². The number of aryl methyl sites for hydroxylation is 1. The lowest BCUT2D eigenvalue weighted by Crippen LogP contribution is -2.35. The topological polar surface area (TPSA) is 119 Å². The molecule has 0 unspecified atom stereocenters. The summed E-state index contributed by atoms with van der Waals surface area (Å²) in [4.78, 5) is 31.9. The lowest BCUT2D eigenvalue weighted by atomic mass is 10.0. The number of benzene rings is 2. The van der Waals surface area contributed by atoms with Crippen LogP contribution < -0.4 is 21.1 Å². The third kappa shape index (κ3) is 7.42. The van der Waals surface area contributed by atoms with Gasteiger partial charge in [0.15, 0.2) is 5.82 Å². The Labute approximate surface area is 226 Å². The summed E-state index contributed by atoms with van der Waals surface area (Å²) in [5.41, 5.74) is 1.53. The van der Waals surface area contributed by atoms with Crippen LogP contribution in [0.5, 0.6) is 0 Å². The zero-order chi connectivity index (χ0) is 29.1. The second-order valence-electron chi connectivity index (χ2n) is 10.0. The van der Waals surface area contributed by atoms with Gasteiger partial charge < -0.3 is 5.32 Å². The number of nitrogens with zero attached hydrogens (tertiary/aromatic N) is 1. The second-order valence-corrected chi connectivity index (χ2v) is 12.0. The van der Waals surface area contributed by atoms with Crippen molar-refractivity contribution in [1.29, 1.82) is 0 Å². The van der Waals surface area contributed by atoms with Crippen LogP contribution in [0.1, 0.15) is 54.7 Å². The zero-order valence-electron chi connectivity index (χ0n) is 22.6. The highest BCUT2D eigenvalue weighted by molar-refractivity contribution is 7.92. The molecule has 9 nitrogen and oxygen atoms in total. The molecule has 3 N–H and O–H groups in total. The normalized spacial score (nSPS) is 11.8. The van der Waals surface area contributed by atoms with E-state index in [1.54, 1.807) is 33.8 Å². The summed E-state index contributed by atoms with van der Waals surface area (Å²) in [5, 5.41) is 2.82. The number of hydroxylamine groups is 1. The Hall–Kier alpha value is -3.77. The van der Waals surface area contributed by atoms with E-state index < -0.39 is 38.7 Å². The number of sulfonamides is 1. The molecule has 1 heterocycles. The van der Waals surface area contributed by atoms with Crippen LogP contribution in [0.2, 0.25) is 0 Å². The van der Waals surface area contributed by atoms with Crippen molar-refractivity contribution in [3.8, 4) is 0 Å². The Morgan fingerprint density at radius 3 is 2.36 bits per heavy atom. The van der Waals surface area contributed by atoms with Crippen LogP contribution in [0.4, 0.5) is 26.0 Å². The highest BCUT2D eigenvalue weighted by atomic mass is 32.2. The maximum atomic E-state index is 15.2. The van der Waals surface area contributed by atoms with Gasteiger partial charge in [0.2, 0.25) is 10.0 Å². The summed E-state index contributed by atoms with van der Waals surface area (Å²) in [7, 11) is -2.35. The maximum Gasteiger partial charge on any atom is 0.278 e. The number of rotatable bonds is 9. The van der Waals surface area contributed by atoms with E-state index in [2.05, 4.69) is 15.5 Å². The molecule has 12 heteroatoms. The van der Waals surface area contributed by atoms with Gasteiger partial charge in [-0.2, -0.15) is 0 Å². The highest BCUT2D eigenvalue weighted by Gasteiger charge is 2.23. The molecular weight excluding hydrogens is 530 g/mol. The molecule has 0 saturated heterocycles. The molecule has 39 heavy (non-hydrogen) atoms. The number of pyridine rings is 1. The summed E-state index contributed by atoms with van der Waals surface area (Å²) < 4.78 is 57.1. The number of carbonyl (C=O) groups excluding carboxylic acids is 1.